The Morgan fingerprint density at radius 3 is 2.77 bits per heavy atom. The SMILES string of the molecule is COc1ccc(C(=O)NCCn2cccc2-c2nc(-c3ccccc3)no2)cc1F. The first-order valence-corrected chi connectivity index (χ1v) is 9.32. The van der Waals surface area contributed by atoms with Gasteiger partial charge in [0.05, 0.1) is 7.11 Å². The van der Waals surface area contributed by atoms with Crippen molar-refractivity contribution in [1.29, 1.82) is 0 Å². The summed E-state index contributed by atoms with van der Waals surface area (Å²) in [5.41, 5.74) is 1.84. The van der Waals surface area contributed by atoms with Crippen molar-refractivity contribution in [3.05, 3.63) is 78.2 Å². The summed E-state index contributed by atoms with van der Waals surface area (Å²) in [7, 11) is 1.37. The second-order valence-corrected chi connectivity index (χ2v) is 6.48. The molecule has 7 nitrogen and oxygen atoms in total. The second-order valence-electron chi connectivity index (χ2n) is 6.48. The molecule has 0 bridgehead atoms. The van der Waals surface area contributed by atoms with Crippen LogP contribution in [0.4, 0.5) is 4.39 Å². The molecular weight excluding hydrogens is 387 g/mol. The fourth-order valence-corrected chi connectivity index (χ4v) is 3.03. The molecule has 2 aromatic heterocycles. The number of carbonyl (C=O) groups excluding carboxylic acids is 1. The van der Waals surface area contributed by atoms with Crippen LogP contribution in [0.3, 0.4) is 0 Å². The Balaban J connectivity index is 1.40. The Bertz CT molecular complexity index is 1150. The van der Waals surface area contributed by atoms with E-state index in [0.29, 0.717) is 24.8 Å². The van der Waals surface area contributed by atoms with E-state index >= 15 is 0 Å². The second kappa shape index (κ2) is 8.60. The summed E-state index contributed by atoms with van der Waals surface area (Å²) in [5.74, 6) is 0.0476. The molecule has 0 atom stereocenters. The molecule has 0 fully saturated rings. The molecule has 1 amide bonds. The lowest BCUT2D eigenvalue weighted by atomic mass is 10.2. The molecular formula is C22H19FN4O3. The van der Waals surface area contributed by atoms with Gasteiger partial charge in [0.2, 0.25) is 5.82 Å². The summed E-state index contributed by atoms with van der Waals surface area (Å²) in [5, 5.41) is 6.82. The Morgan fingerprint density at radius 2 is 2.00 bits per heavy atom. The van der Waals surface area contributed by atoms with Crippen molar-refractivity contribution in [2.45, 2.75) is 6.54 Å². The normalized spacial score (nSPS) is 10.7. The van der Waals surface area contributed by atoms with Crippen molar-refractivity contribution in [1.82, 2.24) is 20.0 Å². The van der Waals surface area contributed by atoms with Crippen LogP contribution in [0.2, 0.25) is 0 Å². The minimum Gasteiger partial charge on any atom is -0.494 e. The van der Waals surface area contributed by atoms with E-state index in [1.807, 2.05) is 53.2 Å². The highest BCUT2D eigenvalue weighted by Crippen LogP contribution is 2.22. The molecule has 4 aromatic rings. The highest BCUT2D eigenvalue weighted by atomic mass is 19.1. The molecule has 1 N–H and O–H groups in total. The van der Waals surface area contributed by atoms with Crippen LogP contribution in [0.1, 0.15) is 10.4 Å². The number of halogens is 1. The van der Waals surface area contributed by atoms with Gasteiger partial charge in [-0.3, -0.25) is 4.79 Å². The van der Waals surface area contributed by atoms with E-state index in [1.165, 1.54) is 19.2 Å². The first-order valence-electron chi connectivity index (χ1n) is 9.32. The van der Waals surface area contributed by atoms with E-state index in [0.717, 1.165) is 17.3 Å². The Labute approximate surface area is 172 Å². The number of nitrogens with zero attached hydrogens (tertiary/aromatic N) is 3. The molecule has 0 saturated carbocycles. The lowest BCUT2D eigenvalue weighted by Crippen LogP contribution is -2.27. The summed E-state index contributed by atoms with van der Waals surface area (Å²) >= 11 is 0. The molecule has 2 heterocycles. The molecule has 152 valence electrons. The third-order valence-corrected chi connectivity index (χ3v) is 4.56. The number of aromatic nitrogens is 3. The van der Waals surface area contributed by atoms with E-state index in [9.17, 15) is 9.18 Å². The van der Waals surface area contributed by atoms with Gasteiger partial charge in [0, 0.05) is 30.4 Å². The lowest BCUT2D eigenvalue weighted by molar-refractivity contribution is 0.0952. The van der Waals surface area contributed by atoms with Gasteiger partial charge in [-0.1, -0.05) is 35.5 Å². The van der Waals surface area contributed by atoms with Crippen LogP contribution in [0.25, 0.3) is 23.0 Å². The highest BCUT2D eigenvalue weighted by molar-refractivity contribution is 5.94. The molecule has 0 saturated heterocycles. The van der Waals surface area contributed by atoms with Crippen LogP contribution in [-0.2, 0) is 6.54 Å². The quantitative estimate of drug-likeness (QED) is 0.505. The number of methoxy groups -OCH3 is 1. The number of carbonyl (C=O) groups is 1. The van der Waals surface area contributed by atoms with Crippen LogP contribution in [-0.4, -0.2) is 34.3 Å². The van der Waals surface area contributed by atoms with Crippen molar-refractivity contribution in [2.75, 3.05) is 13.7 Å². The molecule has 8 heteroatoms. The van der Waals surface area contributed by atoms with Crippen molar-refractivity contribution < 1.29 is 18.4 Å². The first kappa shape index (κ1) is 19.4. The highest BCUT2D eigenvalue weighted by Gasteiger charge is 2.14. The molecule has 0 aliphatic rings. The number of hydrogen-bond donors (Lipinski definition) is 1. The van der Waals surface area contributed by atoms with Gasteiger partial charge in [-0.25, -0.2) is 4.39 Å². The van der Waals surface area contributed by atoms with Gasteiger partial charge in [0.15, 0.2) is 11.6 Å². The predicted octanol–water partition coefficient (Wildman–Crippen LogP) is 3.78. The van der Waals surface area contributed by atoms with Crippen LogP contribution in [0.15, 0.2) is 71.4 Å². The first-order chi connectivity index (χ1) is 14.7. The average molecular weight is 406 g/mol. The van der Waals surface area contributed by atoms with Crippen LogP contribution >= 0.6 is 0 Å². The fourth-order valence-electron chi connectivity index (χ4n) is 3.03. The molecule has 0 aliphatic carbocycles. The monoisotopic (exact) mass is 406 g/mol. The minimum absolute atomic E-state index is 0.0953. The summed E-state index contributed by atoms with van der Waals surface area (Å²) in [6, 6.07) is 17.4. The summed E-state index contributed by atoms with van der Waals surface area (Å²) in [4.78, 5) is 16.7. The van der Waals surface area contributed by atoms with Gasteiger partial charge < -0.3 is 19.1 Å². The van der Waals surface area contributed by atoms with Crippen LogP contribution < -0.4 is 10.1 Å². The largest absolute Gasteiger partial charge is 0.494 e. The maximum Gasteiger partial charge on any atom is 0.274 e. The zero-order chi connectivity index (χ0) is 20.9. The molecule has 30 heavy (non-hydrogen) atoms. The average Bonchev–Trinajstić information content (AvgIpc) is 3.43. The van der Waals surface area contributed by atoms with Gasteiger partial charge in [0.25, 0.3) is 11.8 Å². The van der Waals surface area contributed by atoms with Gasteiger partial charge in [-0.15, -0.1) is 0 Å². The summed E-state index contributed by atoms with van der Waals surface area (Å²) in [6.07, 6.45) is 1.86. The Morgan fingerprint density at radius 1 is 1.17 bits per heavy atom. The zero-order valence-electron chi connectivity index (χ0n) is 16.2. The molecule has 0 radical (unpaired) electrons. The van der Waals surface area contributed by atoms with Gasteiger partial charge in [-0.05, 0) is 30.3 Å². The Kier molecular flexibility index (Phi) is 5.56. The van der Waals surface area contributed by atoms with E-state index in [1.54, 1.807) is 0 Å². The maximum atomic E-state index is 13.8. The molecule has 2 aromatic carbocycles. The smallest absolute Gasteiger partial charge is 0.274 e. The number of benzene rings is 2. The van der Waals surface area contributed by atoms with Crippen molar-refractivity contribution in [3.63, 3.8) is 0 Å². The van der Waals surface area contributed by atoms with Crippen molar-refractivity contribution in [2.24, 2.45) is 0 Å². The number of nitrogens with one attached hydrogen (secondary N) is 1. The van der Waals surface area contributed by atoms with E-state index in [-0.39, 0.29) is 17.2 Å². The summed E-state index contributed by atoms with van der Waals surface area (Å²) < 4.78 is 26.0. The van der Waals surface area contributed by atoms with E-state index in [2.05, 4.69) is 15.5 Å². The van der Waals surface area contributed by atoms with Gasteiger partial charge in [-0.2, -0.15) is 4.98 Å². The number of ether oxygens (including phenoxy) is 1. The minimum atomic E-state index is -0.580. The van der Waals surface area contributed by atoms with Crippen molar-refractivity contribution >= 4 is 5.91 Å². The standard InChI is InChI=1S/C22H19FN4O3/c1-29-19-10-9-16(14-17(19)23)21(28)24-11-13-27-12-5-8-18(27)22-25-20(26-30-22)15-6-3-2-4-7-15/h2-10,12,14H,11,13H2,1H3,(H,24,28). The molecule has 4 rings (SSSR count). The van der Waals surface area contributed by atoms with Crippen molar-refractivity contribution in [3.8, 4) is 28.7 Å². The topological polar surface area (TPSA) is 82.2 Å². The Hall–Kier alpha value is -3.94. The van der Waals surface area contributed by atoms with E-state index < -0.39 is 5.82 Å². The third-order valence-electron chi connectivity index (χ3n) is 4.56. The zero-order valence-corrected chi connectivity index (χ0v) is 16.2. The van der Waals surface area contributed by atoms with E-state index in [4.69, 9.17) is 9.26 Å². The number of hydrogen-bond acceptors (Lipinski definition) is 5. The van der Waals surface area contributed by atoms with Crippen LogP contribution in [0.5, 0.6) is 5.75 Å². The number of rotatable bonds is 7. The maximum absolute atomic E-state index is 13.8. The summed E-state index contributed by atoms with van der Waals surface area (Å²) in [6.45, 7) is 0.823. The fraction of sp³-hybridized carbons (Fsp3) is 0.136. The van der Waals surface area contributed by atoms with Crippen LogP contribution in [0, 0.1) is 5.82 Å². The molecule has 0 spiro atoms. The molecule has 0 aliphatic heterocycles. The van der Waals surface area contributed by atoms with Gasteiger partial charge in [0.1, 0.15) is 5.69 Å². The van der Waals surface area contributed by atoms with Gasteiger partial charge >= 0.3 is 0 Å². The third kappa shape index (κ3) is 4.07. The number of amides is 1. The predicted molar refractivity (Wildman–Crippen MR) is 108 cm³/mol. The lowest BCUT2D eigenvalue weighted by Gasteiger charge is -2.09. The molecule has 0 unspecified atom stereocenters.